The molecule has 0 bridgehead atoms. The molecule has 0 radical (unpaired) electrons. The standard InChI is InChI=1S/C38H46N8O2/c1-25(2)30-17-33(21-35(19-30)47-13-5-11-39)42-23-37(43-41)28-9-7-27-8-10-29(16-32(27)15-28)38-24-46(45-44-38)34-18-31(26(3)4)20-36(22-34)48-14-6-12-40/h7-10,15-26H,5-6,11-14,39-41H2,1-4H3/b42-23?,43-37+. The van der Waals surface area contributed by atoms with Crippen LogP contribution in [0.1, 0.15) is 69.1 Å². The van der Waals surface area contributed by atoms with Gasteiger partial charge in [-0.25, -0.2) is 4.68 Å². The molecule has 10 heteroatoms. The number of aromatic nitrogens is 3. The molecule has 0 atom stereocenters. The van der Waals surface area contributed by atoms with E-state index >= 15 is 0 Å². The summed E-state index contributed by atoms with van der Waals surface area (Å²) in [6.45, 7) is 10.9. The predicted octanol–water partition coefficient (Wildman–Crippen LogP) is 6.85. The Labute approximate surface area is 282 Å². The van der Waals surface area contributed by atoms with Gasteiger partial charge < -0.3 is 26.8 Å². The van der Waals surface area contributed by atoms with Gasteiger partial charge in [0.05, 0.1) is 37.0 Å². The molecule has 0 unspecified atom stereocenters. The molecule has 4 aromatic carbocycles. The van der Waals surface area contributed by atoms with Gasteiger partial charge in [0.2, 0.25) is 0 Å². The van der Waals surface area contributed by atoms with E-state index in [1.807, 2.05) is 24.4 Å². The number of hydrogen-bond acceptors (Lipinski definition) is 9. The van der Waals surface area contributed by atoms with Crippen molar-refractivity contribution >= 4 is 28.4 Å². The van der Waals surface area contributed by atoms with Gasteiger partial charge in [0.15, 0.2) is 0 Å². The van der Waals surface area contributed by atoms with Crippen molar-refractivity contribution < 1.29 is 9.47 Å². The van der Waals surface area contributed by atoms with Crippen molar-refractivity contribution in [2.24, 2.45) is 27.4 Å². The number of rotatable bonds is 15. The maximum Gasteiger partial charge on any atom is 0.121 e. The molecule has 0 fully saturated rings. The fourth-order valence-corrected chi connectivity index (χ4v) is 5.20. The summed E-state index contributed by atoms with van der Waals surface area (Å²) in [7, 11) is 0. The van der Waals surface area contributed by atoms with Crippen molar-refractivity contribution in [3.8, 4) is 28.4 Å². The van der Waals surface area contributed by atoms with Crippen LogP contribution in [0.5, 0.6) is 11.5 Å². The van der Waals surface area contributed by atoms with Crippen LogP contribution in [0.15, 0.2) is 89.1 Å². The molecule has 10 nitrogen and oxygen atoms in total. The number of nitrogens with zero attached hydrogens (tertiary/aromatic N) is 5. The molecule has 48 heavy (non-hydrogen) atoms. The second-order valence-electron chi connectivity index (χ2n) is 12.4. The molecule has 0 saturated heterocycles. The highest BCUT2D eigenvalue weighted by atomic mass is 16.5. The van der Waals surface area contributed by atoms with Crippen molar-refractivity contribution in [3.63, 3.8) is 0 Å². The SMILES string of the molecule is CC(C)c1cc(N=C/C(=N\N)c2ccc3ccc(-c4cn(-c5cc(OCCCN)cc(C(C)C)c5)nn4)cc3c2)cc(OCCCN)c1. The van der Waals surface area contributed by atoms with Gasteiger partial charge in [-0.1, -0.05) is 57.2 Å². The van der Waals surface area contributed by atoms with Crippen LogP contribution in [0.3, 0.4) is 0 Å². The molecule has 1 heterocycles. The fraction of sp³-hybridized carbons (Fsp3) is 0.316. The number of fused-ring (bicyclic) bond motifs is 1. The lowest BCUT2D eigenvalue weighted by Crippen LogP contribution is -2.07. The summed E-state index contributed by atoms with van der Waals surface area (Å²) in [5.41, 5.74) is 18.4. The molecule has 0 aliphatic rings. The van der Waals surface area contributed by atoms with Crippen molar-refractivity contribution in [1.82, 2.24) is 15.0 Å². The summed E-state index contributed by atoms with van der Waals surface area (Å²) in [5, 5.41) is 15.1. The van der Waals surface area contributed by atoms with Crippen LogP contribution in [0.25, 0.3) is 27.7 Å². The number of hydrogen-bond donors (Lipinski definition) is 3. The van der Waals surface area contributed by atoms with Crippen LogP contribution in [-0.2, 0) is 0 Å². The minimum atomic E-state index is 0.319. The normalized spacial score (nSPS) is 12.1. The third-order valence-electron chi connectivity index (χ3n) is 8.06. The van der Waals surface area contributed by atoms with Gasteiger partial charge in [-0.2, -0.15) is 5.10 Å². The van der Waals surface area contributed by atoms with Crippen LogP contribution >= 0.6 is 0 Å². The van der Waals surface area contributed by atoms with Gasteiger partial charge in [-0.05, 0) is 96.1 Å². The summed E-state index contributed by atoms with van der Waals surface area (Å²) in [6, 6.07) is 24.5. The first kappa shape index (κ1) is 34.3. The maximum atomic E-state index is 5.98. The van der Waals surface area contributed by atoms with Gasteiger partial charge in [-0.3, -0.25) is 4.99 Å². The van der Waals surface area contributed by atoms with E-state index in [9.17, 15) is 0 Å². The Kier molecular flexibility index (Phi) is 11.5. The first-order valence-electron chi connectivity index (χ1n) is 16.5. The molecule has 0 aliphatic heterocycles. The van der Waals surface area contributed by atoms with E-state index in [0.29, 0.717) is 43.9 Å². The molecule has 0 aliphatic carbocycles. The second kappa shape index (κ2) is 16.2. The molecule has 250 valence electrons. The van der Waals surface area contributed by atoms with Crippen molar-refractivity contribution in [2.45, 2.75) is 52.4 Å². The van der Waals surface area contributed by atoms with Crippen molar-refractivity contribution in [2.75, 3.05) is 26.3 Å². The lowest BCUT2D eigenvalue weighted by Gasteiger charge is -2.13. The van der Waals surface area contributed by atoms with Crippen LogP contribution in [0.4, 0.5) is 5.69 Å². The van der Waals surface area contributed by atoms with Gasteiger partial charge >= 0.3 is 0 Å². The molecule has 5 aromatic rings. The highest BCUT2D eigenvalue weighted by Gasteiger charge is 2.12. The zero-order valence-electron chi connectivity index (χ0n) is 28.3. The van der Waals surface area contributed by atoms with E-state index in [-0.39, 0.29) is 0 Å². The Balaban J connectivity index is 1.40. The Morgan fingerprint density at radius 2 is 1.46 bits per heavy atom. The van der Waals surface area contributed by atoms with Crippen LogP contribution in [-0.4, -0.2) is 53.2 Å². The summed E-state index contributed by atoms with van der Waals surface area (Å²) in [5.74, 6) is 8.09. The average Bonchev–Trinajstić information content (AvgIpc) is 3.59. The van der Waals surface area contributed by atoms with Crippen molar-refractivity contribution in [1.29, 1.82) is 0 Å². The molecule has 5 rings (SSSR count). The Bertz CT molecular complexity index is 1890. The zero-order chi connectivity index (χ0) is 34.0. The molecule has 0 spiro atoms. The zero-order valence-corrected chi connectivity index (χ0v) is 28.3. The third kappa shape index (κ3) is 8.64. The lowest BCUT2D eigenvalue weighted by atomic mass is 10.0. The maximum absolute atomic E-state index is 5.98. The largest absolute Gasteiger partial charge is 0.493 e. The van der Waals surface area contributed by atoms with Crippen LogP contribution < -0.4 is 26.8 Å². The number of ether oxygens (including phenoxy) is 2. The molecular weight excluding hydrogens is 600 g/mol. The summed E-state index contributed by atoms with van der Waals surface area (Å²) < 4.78 is 13.7. The Morgan fingerprint density at radius 3 is 2.12 bits per heavy atom. The summed E-state index contributed by atoms with van der Waals surface area (Å²) in [6.07, 6.45) is 5.21. The van der Waals surface area contributed by atoms with Gasteiger partial charge in [0, 0.05) is 23.3 Å². The van der Waals surface area contributed by atoms with Gasteiger partial charge in [-0.15, -0.1) is 5.10 Å². The molecular formula is C38H46N8O2. The van der Waals surface area contributed by atoms with E-state index in [0.717, 1.165) is 74.4 Å². The van der Waals surface area contributed by atoms with Crippen LogP contribution in [0.2, 0.25) is 0 Å². The highest BCUT2D eigenvalue weighted by Crippen LogP contribution is 2.30. The topological polar surface area (TPSA) is 152 Å². The van der Waals surface area contributed by atoms with E-state index in [1.54, 1.807) is 10.9 Å². The quantitative estimate of drug-likeness (QED) is 0.0487. The minimum Gasteiger partial charge on any atom is -0.493 e. The van der Waals surface area contributed by atoms with Gasteiger partial charge in [0.25, 0.3) is 0 Å². The first-order valence-corrected chi connectivity index (χ1v) is 16.5. The predicted molar refractivity (Wildman–Crippen MR) is 196 cm³/mol. The Hall–Kier alpha value is -5.06. The number of benzene rings is 4. The monoisotopic (exact) mass is 646 g/mol. The number of hydrazone groups is 1. The van der Waals surface area contributed by atoms with Crippen LogP contribution in [0, 0.1) is 0 Å². The smallest absolute Gasteiger partial charge is 0.121 e. The first-order chi connectivity index (χ1) is 23.3. The Morgan fingerprint density at radius 1 is 0.792 bits per heavy atom. The number of nitrogens with two attached hydrogens (primary N) is 3. The van der Waals surface area contributed by atoms with E-state index < -0.39 is 0 Å². The van der Waals surface area contributed by atoms with E-state index in [1.165, 1.54) is 0 Å². The van der Waals surface area contributed by atoms with Gasteiger partial charge in [0.1, 0.15) is 22.9 Å². The van der Waals surface area contributed by atoms with Crippen molar-refractivity contribution in [3.05, 3.63) is 95.7 Å². The molecule has 0 saturated carbocycles. The highest BCUT2D eigenvalue weighted by molar-refractivity contribution is 6.38. The second-order valence-corrected chi connectivity index (χ2v) is 12.4. The van der Waals surface area contributed by atoms with E-state index in [2.05, 4.69) is 97.7 Å². The lowest BCUT2D eigenvalue weighted by molar-refractivity contribution is 0.313. The molecule has 0 amide bonds. The fourth-order valence-electron chi connectivity index (χ4n) is 5.20. The molecule has 1 aromatic heterocycles. The summed E-state index contributed by atoms with van der Waals surface area (Å²) in [4.78, 5) is 4.73. The summed E-state index contributed by atoms with van der Waals surface area (Å²) >= 11 is 0. The molecule has 6 N–H and O–H groups in total. The minimum absolute atomic E-state index is 0.319. The average molecular weight is 647 g/mol. The third-order valence-corrected chi connectivity index (χ3v) is 8.06. The number of aliphatic imine (C=N–C) groups is 1. The van der Waals surface area contributed by atoms with E-state index in [4.69, 9.17) is 31.8 Å².